The van der Waals surface area contributed by atoms with Crippen molar-refractivity contribution in [1.29, 1.82) is 0 Å². The van der Waals surface area contributed by atoms with E-state index in [-0.39, 0.29) is 29.9 Å². The number of nitrogens with zero attached hydrogens (tertiary/aromatic N) is 3. The number of hydrogen-bond donors (Lipinski definition) is 2. The number of nitrogens with one attached hydrogen (secondary N) is 2. The van der Waals surface area contributed by atoms with E-state index in [2.05, 4.69) is 25.7 Å². The number of alkyl halides is 2. The number of aromatic nitrogens is 3. The van der Waals surface area contributed by atoms with E-state index in [9.17, 15) is 13.6 Å². The SMILES string of the molecule is Cl.O=C(Nc1ccc(OC(F)F)cc1)c1cn(C2CCNCC2)nn1. The zero-order chi connectivity index (χ0) is 16.9. The molecule has 2 N–H and O–H groups in total. The van der Waals surface area contributed by atoms with Gasteiger partial charge in [-0.1, -0.05) is 5.21 Å². The minimum Gasteiger partial charge on any atom is -0.435 e. The first-order valence-electron chi connectivity index (χ1n) is 7.60. The Labute approximate surface area is 149 Å². The molecule has 7 nitrogen and oxygen atoms in total. The van der Waals surface area contributed by atoms with E-state index in [1.54, 1.807) is 10.9 Å². The Hall–Kier alpha value is -2.26. The van der Waals surface area contributed by atoms with Crippen LogP contribution in [0.4, 0.5) is 14.5 Å². The van der Waals surface area contributed by atoms with Crippen LogP contribution in [-0.2, 0) is 0 Å². The molecule has 0 saturated carbocycles. The maximum absolute atomic E-state index is 12.2. The maximum Gasteiger partial charge on any atom is 0.387 e. The number of carbonyl (C=O) groups excluding carboxylic acids is 1. The topological polar surface area (TPSA) is 81.1 Å². The van der Waals surface area contributed by atoms with Crippen LogP contribution in [0.3, 0.4) is 0 Å². The average Bonchev–Trinajstić information content (AvgIpc) is 3.07. The smallest absolute Gasteiger partial charge is 0.387 e. The fourth-order valence-electron chi connectivity index (χ4n) is 2.55. The molecular weight excluding hydrogens is 356 g/mol. The molecule has 1 fully saturated rings. The summed E-state index contributed by atoms with van der Waals surface area (Å²) in [4.78, 5) is 12.2. The highest BCUT2D eigenvalue weighted by atomic mass is 35.5. The quantitative estimate of drug-likeness (QED) is 0.841. The molecule has 0 aliphatic carbocycles. The van der Waals surface area contributed by atoms with Crippen molar-refractivity contribution in [2.45, 2.75) is 25.5 Å². The molecule has 1 aromatic heterocycles. The fourth-order valence-corrected chi connectivity index (χ4v) is 2.55. The molecule has 3 rings (SSSR count). The molecular formula is C15H18ClF2N5O2. The molecule has 2 heterocycles. The molecule has 136 valence electrons. The second-order valence-corrected chi connectivity index (χ2v) is 5.42. The van der Waals surface area contributed by atoms with Gasteiger partial charge < -0.3 is 15.4 Å². The van der Waals surface area contributed by atoms with Gasteiger partial charge in [0.1, 0.15) is 5.75 Å². The van der Waals surface area contributed by atoms with Gasteiger partial charge in [-0.25, -0.2) is 4.68 Å². The molecule has 2 aromatic rings. The Morgan fingerprint density at radius 2 is 1.96 bits per heavy atom. The minimum absolute atomic E-state index is 0. The number of rotatable bonds is 5. The molecule has 25 heavy (non-hydrogen) atoms. The standard InChI is InChI=1S/C15H17F2N5O2.ClH/c16-15(17)24-12-3-1-10(2-4-12)19-14(23)13-9-22(21-20-13)11-5-7-18-8-6-11;/h1-4,9,11,15,18H,5-8H2,(H,19,23);1H. The first-order chi connectivity index (χ1) is 11.6. The summed E-state index contributed by atoms with van der Waals surface area (Å²) in [6.45, 7) is -1.05. The van der Waals surface area contributed by atoms with E-state index in [1.807, 2.05) is 0 Å². The molecule has 0 bridgehead atoms. The van der Waals surface area contributed by atoms with Crippen molar-refractivity contribution in [2.75, 3.05) is 18.4 Å². The summed E-state index contributed by atoms with van der Waals surface area (Å²) >= 11 is 0. The molecule has 1 aromatic carbocycles. The highest BCUT2D eigenvalue weighted by Crippen LogP contribution is 2.19. The number of hydrogen-bond acceptors (Lipinski definition) is 5. The van der Waals surface area contributed by atoms with Crippen LogP contribution in [0.1, 0.15) is 29.4 Å². The van der Waals surface area contributed by atoms with Crippen LogP contribution in [0.25, 0.3) is 0 Å². The Morgan fingerprint density at radius 3 is 2.60 bits per heavy atom. The summed E-state index contributed by atoms with van der Waals surface area (Å²) < 4.78 is 30.2. The van der Waals surface area contributed by atoms with Gasteiger partial charge in [-0.15, -0.1) is 17.5 Å². The summed E-state index contributed by atoms with van der Waals surface area (Å²) in [7, 11) is 0. The summed E-state index contributed by atoms with van der Waals surface area (Å²) in [5.41, 5.74) is 0.666. The van der Waals surface area contributed by atoms with Crippen molar-refractivity contribution in [3.63, 3.8) is 0 Å². The zero-order valence-electron chi connectivity index (χ0n) is 13.2. The lowest BCUT2D eigenvalue weighted by molar-refractivity contribution is -0.0498. The Morgan fingerprint density at radius 1 is 1.28 bits per heavy atom. The van der Waals surface area contributed by atoms with Gasteiger partial charge in [0.2, 0.25) is 0 Å². The van der Waals surface area contributed by atoms with Crippen molar-refractivity contribution < 1.29 is 18.3 Å². The van der Waals surface area contributed by atoms with E-state index < -0.39 is 12.5 Å². The Bertz CT molecular complexity index is 689. The van der Waals surface area contributed by atoms with Crippen molar-refractivity contribution in [3.8, 4) is 5.75 Å². The second-order valence-electron chi connectivity index (χ2n) is 5.42. The molecule has 10 heteroatoms. The van der Waals surface area contributed by atoms with Gasteiger partial charge in [-0.05, 0) is 50.2 Å². The van der Waals surface area contributed by atoms with Gasteiger partial charge in [-0.3, -0.25) is 4.79 Å². The fraction of sp³-hybridized carbons (Fsp3) is 0.400. The number of piperidine rings is 1. The average molecular weight is 374 g/mol. The van der Waals surface area contributed by atoms with E-state index >= 15 is 0 Å². The van der Waals surface area contributed by atoms with Gasteiger partial charge in [-0.2, -0.15) is 8.78 Å². The number of amides is 1. The van der Waals surface area contributed by atoms with Crippen molar-refractivity contribution in [1.82, 2.24) is 20.3 Å². The molecule has 0 spiro atoms. The third-order valence-corrected chi connectivity index (χ3v) is 3.76. The van der Waals surface area contributed by atoms with E-state index in [0.717, 1.165) is 25.9 Å². The Kier molecular flexibility index (Phi) is 6.65. The normalized spacial score (nSPS) is 14.8. The molecule has 1 saturated heterocycles. The summed E-state index contributed by atoms with van der Waals surface area (Å²) in [5, 5.41) is 13.8. The molecule has 0 radical (unpaired) electrons. The van der Waals surface area contributed by atoms with Gasteiger partial charge in [0.05, 0.1) is 12.2 Å². The van der Waals surface area contributed by atoms with Crippen molar-refractivity contribution >= 4 is 24.0 Å². The maximum atomic E-state index is 12.2. The van der Waals surface area contributed by atoms with Gasteiger partial charge >= 0.3 is 6.61 Å². The second kappa shape index (κ2) is 8.72. The lowest BCUT2D eigenvalue weighted by Gasteiger charge is -2.22. The van der Waals surface area contributed by atoms with E-state index in [1.165, 1.54) is 24.3 Å². The lowest BCUT2D eigenvalue weighted by atomic mass is 10.1. The highest BCUT2D eigenvalue weighted by Gasteiger charge is 2.18. The van der Waals surface area contributed by atoms with Crippen LogP contribution >= 0.6 is 12.4 Å². The number of anilines is 1. The summed E-state index contributed by atoms with van der Waals surface area (Å²) in [5.74, 6) is -0.377. The van der Waals surface area contributed by atoms with Gasteiger partial charge in [0.15, 0.2) is 5.69 Å². The molecule has 1 amide bonds. The minimum atomic E-state index is -2.88. The third-order valence-electron chi connectivity index (χ3n) is 3.76. The van der Waals surface area contributed by atoms with Gasteiger partial charge in [0, 0.05) is 5.69 Å². The Balaban J connectivity index is 0.00000225. The van der Waals surface area contributed by atoms with Crippen LogP contribution in [-0.4, -0.2) is 40.6 Å². The summed E-state index contributed by atoms with van der Waals surface area (Å²) in [6.07, 6.45) is 3.51. The number of halogens is 3. The van der Waals surface area contributed by atoms with E-state index in [4.69, 9.17) is 0 Å². The monoisotopic (exact) mass is 373 g/mol. The predicted molar refractivity (Wildman–Crippen MR) is 89.4 cm³/mol. The summed E-state index contributed by atoms with van der Waals surface area (Å²) in [6, 6.07) is 5.91. The number of carbonyl (C=O) groups is 1. The van der Waals surface area contributed by atoms with Crippen LogP contribution < -0.4 is 15.4 Å². The van der Waals surface area contributed by atoms with Crippen LogP contribution in [0, 0.1) is 0 Å². The van der Waals surface area contributed by atoms with Crippen molar-refractivity contribution in [2.24, 2.45) is 0 Å². The third kappa shape index (κ3) is 5.10. The zero-order valence-corrected chi connectivity index (χ0v) is 14.0. The predicted octanol–water partition coefficient (Wildman–Crippen LogP) is 2.48. The number of ether oxygens (including phenoxy) is 1. The van der Waals surface area contributed by atoms with Crippen LogP contribution in [0.2, 0.25) is 0 Å². The first-order valence-corrected chi connectivity index (χ1v) is 7.60. The van der Waals surface area contributed by atoms with Crippen molar-refractivity contribution in [3.05, 3.63) is 36.2 Å². The highest BCUT2D eigenvalue weighted by molar-refractivity contribution is 6.02. The molecule has 1 aliphatic rings. The number of benzene rings is 1. The largest absolute Gasteiger partial charge is 0.435 e. The van der Waals surface area contributed by atoms with Crippen LogP contribution in [0.15, 0.2) is 30.5 Å². The lowest BCUT2D eigenvalue weighted by Crippen LogP contribution is -2.29. The van der Waals surface area contributed by atoms with Gasteiger partial charge in [0.25, 0.3) is 5.91 Å². The molecule has 0 unspecified atom stereocenters. The first kappa shape index (κ1) is 19.1. The molecule has 1 aliphatic heterocycles. The van der Waals surface area contributed by atoms with Crippen LogP contribution in [0.5, 0.6) is 5.75 Å². The molecule has 0 atom stereocenters. The van der Waals surface area contributed by atoms with E-state index in [0.29, 0.717) is 5.69 Å².